The van der Waals surface area contributed by atoms with Crippen LogP contribution in [0.15, 0.2) is 29.2 Å². The first kappa shape index (κ1) is 24.7. The van der Waals surface area contributed by atoms with E-state index in [0.717, 1.165) is 6.42 Å². The number of ether oxygens (including phenoxy) is 1. The molecule has 3 rings (SSSR count). The van der Waals surface area contributed by atoms with E-state index in [-0.39, 0.29) is 28.9 Å². The maximum Gasteiger partial charge on any atom is 0.253 e. The summed E-state index contributed by atoms with van der Waals surface area (Å²) in [7, 11) is -3.64. The molecule has 0 N–H and O–H groups in total. The minimum absolute atomic E-state index is 0.142. The van der Waals surface area contributed by atoms with Crippen LogP contribution in [0.5, 0.6) is 0 Å². The van der Waals surface area contributed by atoms with E-state index in [9.17, 15) is 18.0 Å². The molecule has 178 valence electrons. The molecule has 2 saturated heterocycles. The molecule has 8 nitrogen and oxygen atoms in total. The molecule has 2 fully saturated rings. The highest BCUT2D eigenvalue weighted by atomic mass is 32.2. The summed E-state index contributed by atoms with van der Waals surface area (Å²) in [5.41, 5.74) is 0.451. The van der Waals surface area contributed by atoms with Crippen LogP contribution in [-0.2, 0) is 19.6 Å². The Labute approximate surface area is 191 Å². The topological polar surface area (TPSA) is 87.2 Å². The molecule has 1 aromatic rings. The number of carbonyl (C=O) groups is 2. The predicted octanol–water partition coefficient (Wildman–Crippen LogP) is 2.21. The Balaban J connectivity index is 1.59. The monoisotopic (exact) mass is 465 g/mol. The molecule has 0 aliphatic carbocycles. The van der Waals surface area contributed by atoms with Crippen LogP contribution in [0.1, 0.15) is 50.9 Å². The largest absolute Gasteiger partial charge is 0.373 e. The highest BCUT2D eigenvalue weighted by Crippen LogP contribution is 2.22. The van der Waals surface area contributed by atoms with E-state index < -0.39 is 10.0 Å². The Morgan fingerprint density at radius 1 is 0.969 bits per heavy atom. The Kier molecular flexibility index (Phi) is 7.95. The first-order valence-electron chi connectivity index (χ1n) is 11.4. The molecular formula is C23H35N3O5S. The van der Waals surface area contributed by atoms with Gasteiger partial charge in [-0.25, -0.2) is 8.42 Å². The van der Waals surface area contributed by atoms with Gasteiger partial charge in [0, 0.05) is 51.3 Å². The fourth-order valence-electron chi connectivity index (χ4n) is 4.16. The van der Waals surface area contributed by atoms with Crippen LogP contribution in [0.25, 0.3) is 0 Å². The van der Waals surface area contributed by atoms with Gasteiger partial charge >= 0.3 is 0 Å². The lowest BCUT2D eigenvalue weighted by Crippen LogP contribution is -2.50. The van der Waals surface area contributed by atoms with E-state index in [1.165, 1.54) is 16.4 Å². The summed E-state index contributed by atoms with van der Waals surface area (Å²) in [6.07, 6.45) is 1.09. The fraction of sp³-hybridized carbons (Fsp3) is 0.652. The van der Waals surface area contributed by atoms with Crippen LogP contribution in [0.3, 0.4) is 0 Å². The molecule has 2 aliphatic rings. The van der Waals surface area contributed by atoms with Gasteiger partial charge in [-0.15, -0.1) is 0 Å². The number of morpholine rings is 1. The van der Waals surface area contributed by atoms with Crippen molar-refractivity contribution < 1.29 is 22.7 Å². The summed E-state index contributed by atoms with van der Waals surface area (Å²) in [6.45, 7) is 10.6. The van der Waals surface area contributed by atoms with Crippen LogP contribution in [0.4, 0.5) is 0 Å². The Bertz CT molecular complexity index is 898. The third kappa shape index (κ3) is 5.88. The zero-order valence-electron chi connectivity index (χ0n) is 19.5. The number of hydrogen-bond donors (Lipinski definition) is 0. The molecule has 2 amide bonds. The summed E-state index contributed by atoms with van der Waals surface area (Å²) in [5.74, 6) is 0.493. The molecule has 1 aromatic carbocycles. The first-order valence-corrected chi connectivity index (χ1v) is 12.8. The van der Waals surface area contributed by atoms with E-state index in [4.69, 9.17) is 4.74 Å². The fourth-order valence-corrected chi connectivity index (χ4v) is 5.75. The molecule has 32 heavy (non-hydrogen) atoms. The van der Waals surface area contributed by atoms with Gasteiger partial charge in [0.1, 0.15) is 0 Å². The molecule has 0 saturated carbocycles. The van der Waals surface area contributed by atoms with E-state index >= 15 is 0 Å². The average molecular weight is 466 g/mol. The van der Waals surface area contributed by atoms with E-state index in [1.807, 2.05) is 18.7 Å². The number of amides is 2. The van der Waals surface area contributed by atoms with Crippen molar-refractivity contribution in [3.63, 3.8) is 0 Å². The zero-order chi connectivity index (χ0) is 23.5. The quantitative estimate of drug-likeness (QED) is 0.643. The summed E-state index contributed by atoms with van der Waals surface area (Å²) < 4.78 is 33.1. The van der Waals surface area contributed by atoms with Crippen LogP contribution in [0.2, 0.25) is 0 Å². The van der Waals surface area contributed by atoms with Crippen molar-refractivity contribution in [3.8, 4) is 0 Å². The molecule has 2 unspecified atom stereocenters. The SMILES string of the molecule is CC(C)CCC(=O)N1CCN(C(=O)c2ccc(S(=O)(=O)N3CC(C)OC(C)C3)cc2)CC1. The molecule has 0 radical (unpaired) electrons. The van der Waals surface area contributed by atoms with Gasteiger partial charge in [-0.3, -0.25) is 9.59 Å². The van der Waals surface area contributed by atoms with Crippen molar-refractivity contribution >= 4 is 21.8 Å². The number of sulfonamides is 1. The van der Waals surface area contributed by atoms with Gasteiger partial charge < -0.3 is 14.5 Å². The third-order valence-corrected chi connectivity index (χ3v) is 7.83. The average Bonchev–Trinajstić information content (AvgIpc) is 2.76. The number of piperazine rings is 1. The number of hydrogen-bond acceptors (Lipinski definition) is 5. The predicted molar refractivity (Wildman–Crippen MR) is 122 cm³/mol. The lowest BCUT2D eigenvalue weighted by molar-refractivity contribution is -0.132. The molecule has 0 spiro atoms. The second-order valence-electron chi connectivity index (χ2n) is 9.21. The second-order valence-corrected chi connectivity index (χ2v) is 11.1. The number of carbonyl (C=O) groups excluding carboxylic acids is 2. The zero-order valence-corrected chi connectivity index (χ0v) is 20.3. The smallest absolute Gasteiger partial charge is 0.253 e. The van der Waals surface area contributed by atoms with E-state index in [0.29, 0.717) is 57.2 Å². The van der Waals surface area contributed by atoms with Gasteiger partial charge in [0.05, 0.1) is 17.1 Å². The lowest BCUT2D eigenvalue weighted by atomic mass is 10.1. The number of benzene rings is 1. The molecule has 9 heteroatoms. The van der Waals surface area contributed by atoms with Gasteiger partial charge in [0.2, 0.25) is 15.9 Å². The summed E-state index contributed by atoms with van der Waals surface area (Å²) in [4.78, 5) is 28.9. The van der Waals surface area contributed by atoms with Crippen molar-refractivity contribution in [2.24, 2.45) is 5.92 Å². The molecule has 2 aliphatic heterocycles. The molecule has 2 atom stereocenters. The van der Waals surface area contributed by atoms with Gasteiger partial charge in [-0.1, -0.05) is 13.8 Å². The minimum atomic E-state index is -3.64. The molecule has 0 aromatic heterocycles. The molecule has 2 heterocycles. The Hall–Kier alpha value is -1.97. The summed E-state index contributed by atoms with van der Waals surface area (Å²) in [5, 5.41) is 0. The maximum atomic E-state index is 13.0. The van der Waals surface area contributed by atoms with Gasteiger partial charge in [0.25, 0.3) is 5.91 Å². The second kappa shape index (κ2) is 10.3. The van der Waals surface area contributed by atoms with Crippen LogP contribution >= 0.6 is 0 Å². The maximum absolute atomic E-state index is 13.0. The standard InChI is InChI=1S/C23H35N3O5S/c1-17(2)5-10-22(27)24-11-13-25(14-12-24)23(28)20-6-8-21(9-7-20)32(29,30)26-15-18(3)31-19(4)16-26/h6-9,17-19H,5,10-16H2,1-4H3. The van der Waals surface area contributed by atoms with Gasteiger partial charge in [-0.05, 0) is 50.5 Å². The Morgan fingerprint density at radius 2 is 1.50 bits per heavy atom. The third-order valence-electron chi connectivity index (χ3n) is 5.98. The van der Waals surface area contributed by atoms with Crippen LogP contribution in [-0.4, -0.2) is 85.8 Å². The van der Waals surface area contributed by atoms with Crippen molar-refractivity contribution in [1.82, 2.24) is 14.1 Å². The van der Waals surface area contributed by atoms with Crippen molar-refractivity contribution in [1.29, 1.82) is 0 Å². The van der Waals surface area contributed by atoms with E-state index in [2.05, 4.69) is 13.8 Å². The highest BCUT2D eigenvalue weighted by Gasteiger charge is 2.32. The summed E-state index contributed by atoms with van der Waals surface area (Å²) >= 11 is 0. The number of nitrogens with zero attached hydrogens (tertiary/aromatic N) is 3. The normalized spacial score (nSPS) is 22.9. The van der Waals surface area contributed by atoms with Crippen molar-refractivity contribution in [2.45, 2.75) is 57.6 Å². The molecule has 0 bridgehead atoms. The summed E-state index contributed by atoms with van der Waals surface area (Å²) in [6, 6.07) is 6.14. The minimum Gasteiger partial charge on any atom is -0.373 e. The van der Waals surface area contributed by atoms with E-state index in [1.54, 1.807) is 17.0 Å². The van der Waals surface area contributed by atoms with Crippen molar-refractivity contribution in [3.05, 3.63) is 29.8 Å². The van der Waals surface area contributed by atoms with Crippen LogP contribution in [0, 0.1) is 5.92 Å². The van der Waals surface area contributed by atoms with Crippen LogP contribution < -0.4 is 0 Å². The first-order chi connectivity index (χ1) is 15.1. The highest BCUT2D eigenvalue weighted by molar-refractivity contribution is 7.89. The number of rotatable bonds is 6. The Morgan fingerprint density at radius 3 is 2.03 bits per heavy atom. The lowest BCUT2D eigenvalue weighted by Gasteiger charge is -2.35. The van der Waals surface area contributed by atoms with Gasteiger partial charge in [0.15, 0.2) is 0 Å². The molecular weight excluding hydrogens is 430 g/mol. The van der Waals surface area contributed by atoms with Gasteiger partial charge in [-0.2, -0.15) is 4.31 Å². The van der Waals surface area contributed by atoms with Crippen molar-refractivity contribution in [2.75, 3.05) is 39.3 Å².